The van der Waals surface area contributed by atoms with Crippen molar-refractivity contribution in [3.05, 3.63) is 22.7 Å². The maximum Gasteiger partial charge on any atom is 0.122 e. The van der Waals surface area contributed by atoms with Crippen LogP contribution >= 0.6 is 15.9 Å². The first kappa shape index (κ1) is 5.69. The van der Waals surface area contributed by atoms with E-state index in [0.717, 1.165) is 4.48 Å². The SMILES string of the molecule is CC12C=CC=C(Br)C1O2. The highest BCUT2D eigenvalue weighted by atomic mass is 79.9. The van der Waals surface area contributed by atoms with E-state index in [2.05, 4.69) is 28.9 Å². The van der Waals surface area contributed by atoms with Crippen molar-refractivity contribution in [1.29, 1.82) is 0 Å². The Morgan fingerprint density at radius 1 is 1.78 bits per heavy atom. The fourth-order valence-corrected chi connectivity index (χ4v) is 1.80. The summed E-state index contributed by atoms with van der Waals surface area (Å²) < 4.78 is 6.54. The quantitative estimate of drug-likeness (QED) is 0.528. The predicted octanol–water partition coefficient (Wildman–Crippen LogP) is 1.99. The van der Waals surface area contributed by atoms with E-state index in [4.69, 9.17) is 4.74 Å². The van der Waals surface area contributed by atoms with Gasteiger partial charge in [-0.25, -0.2) is 0 Å². The molecule has 0 bridgehead atoms. The highest BCUT2D eigenvalue weighted by Gasteiger charge is 2.52. The van der Waals surface area contributed by atoms with Gasteiger partial charge in [0.25, 0.3) is 0 Å². The third kappa shape index (κ3) is 0.700. The van der Waals surface area contributed by atoms with Gasteiger partial charge in [0.2, 0.25) is 0 Å². The van der Waals surface area contributed by atoms with Gasteiger partial charge in [-0.3, -0.25) is 0 Å². The Kier molecular flexibility index (Phi) is 0.945. The average Bonchev–Trinajstić information content (AvgIpc) is 2.43. The monoisotopic (exact) mass is 186 g/mol. The number of ether oxygens (including phenoxy) is 1. The van der Waals surface area contributed by atoms with Crippen LogP contribution in [0.2, 0.25) is 0 Å². The van der Waals surface area contributed by atoms with Crippen LogP contribution in [0.3, 0.4) is 0 Å². The first-order chi connectivity index (χ1) is 4.22. The van der Waals surface area contributed by atoms with E-state index in [1.807, 2.05) is 12.2 Å². The molecule has 0 N–H and O–H groups in total. The smallest absolute Gasteiger partial charge is 0.122 e. The van der Waals surface area contributed by atoms with Crippen molar-refractivity contribution < 1.29 is 4.74 Å². The van der Waals surface area contributed by atoms with Crippen LogP contribution in [-0.2, 0) is 4.74 Å². The van der Waals surface area contributed by atoms with E-state index in [-0.39, 0.29) is 5.60 Å². The summed E-state index contributed by atoms with van der Waals surface area (Å²) in [6.07, 6.45) is 6.44. The summed E-state index contributed by atoms with van der Waals surface area (Å²) in [5.74, 6) is 0. The molecule has 2 aliphatic rings. The molecule has 1 fully saturated rings. The second kappa shape index (κ2) is 1.50. The molecule has 1 aliphatic carbocycles. The minimum absolute atomic E-state index is 0.0214. The largest absolute Gasteiger partial charge is 0.356 e. The van der Waals surface area contributed by atoms with Gasteiger partial charge in [-0.15, -0.1) is 0 Å². The molecule has 0 saturated carbocycles. The molecule has 2 atom stereocenters. The number of fused-ring (bicyclic) bond motifs is 1. The average molecular weight is 187 g/mol. The molecular formula is C7H7BrO. The lowest BCUT2D eigenvalue weighted by Gasteiger charge is -2.00. The Morgan fingerprint density at radius 3 is 3.11 bits per heavy atom. The lowest BCUT2D eigenvalue weighted by molar-refractivity contribution is 0.356. The minimum Gasteiger partial charge on any atom is -0.356 e. The predicted molar refractivity (Wildman–Crippen MR) is 39.4 cm³/mol. The standard InChI is InChI=1S/C7H7BrO/c1-7-4-2-3-5(8)6(7)9-7/h2-4,6H,1H3. The summed E-state index contributed by atoms with van der Waals surface area (Å²) in [6.45, 7) is 2.09. The Hall–Kier alpha value is -0.0800. The van der Waals surface area contributed by atoms with Gasteiger partial charge < -0.3 is 4.74 Å². The van der Waals surface area contributed by atoms with Crippen molar-refractivity contribution in [2.24, 2.45) is 0 Å². The fraction of sp³-hybridized carbons (Fsp3) is 0.429. The molecule has 48 valence electrons. The zero-order chi connectivity index (χ0) is 6.48. The maximum atomic E-state index is 5.38. The van der Waals surface area contributed by atoms with E-state index in [1.165, 1.54) is 0 Å². The highest BCUT2D eigenvalue weighted by molar-refractivity contribution is 9.11. The molecule has 1 heterocycles. The van der Waals surface area contributed by atoms with Crippen LogP contribution in [0.1, 0.15) is 6.92 Å². The lowest BCUT2D eigenvalue weighted by Crippen LogP contribution is -2.07. The van der Waals surface area contributed by atoms with Crippen molar-refractivity contribution in [1.82, 2.24) is 0 Å². The van der Waals surface area contributed by atoms with Crippen molar-refractivity contribution in [3.63, 3.8) is 0 Å². The summed E-state index contributed by atoms with van der Waals surface area (Å²) in [7, 11) is 0. The summed E-state index contributed by atoms with van der Waals surface area (Å²) in [6, 6.07) is 0. The Balaban J connectivity index is 2.34. The topological polar surface area (TPSA) is 12.5 Å². The number of rotatable bonds is 0. The van der Waals surface area contributed by atoms with Gasteiger partial charge >= 0.3 is 0 Å². The van der Waals surface area contributed by atoms with Gasteiger partial charge in [-0.05, 0) is 13.0 Å². The highest BCUT2D eigenvalue weighted by Crippen LogP contribution is 2.46. The number of hydrogen-bond acceptors (Lipinski definition) is 1. The number of hydrogen-bond donors (Lipinski definition) is 0. The van der Waals surface area contributed by atoms with Crippen molar-refractivity contribution in [2.45, 2.75) is 18.6 Å². The number of epoxide rings is 1. The summed E-state index contributed by atoms with van der Waals surface area (Å²) in [5.41, 5.74) is 0.0214. The molecule has 0 aromatic heterocycles. The van der Waals surface area contributed by atoms with Crippen LogP contribution in [0.5, 0.6) is 0 Å². The molecule has 0 aromatic carbocycles. The van der Waals surface area contributed by atoms with Crippen molar-refractivity contribution in [3.8, 4) is 0 Å². The molecule has 1 nitrogen and oxygen atoms in total. The van der Waals surface area contributed by atoms with E-state index >= 15 is 0 Å². The fourth-order valence-electron chi connectivity index (χ4n) is 1.10. The molecule has 2 rings (SSSR count). The summed E-state index contributed by atoms with van der Waals surface area (Å²) in [5, 5.41) is 0. The van der Waals surface area contributed by atoms with Gasteiger partial charge in [0, 0.05) is 4.48 Å². The van der Waals surface area contributed by atoms with E-state index in [9.17, 15) is 0 Å². The number of halogens is 1. The molecular weight excluding hydrogens is 180 g/mol. The molecule has 0 amide bonds. The van der Waals surface area contributed by atoms with Gasteiger partial charge in [0.15, 0.2) is 0 Å². The molecule has 0 radical (unpaired) electrons. The second-order valence-electron chi connectivity index (χ2n) is 2.59. The van der Waals surface area contributed by atoms with E-state index < -0.39 is 0 Å². The third-order valence-electron chi connectivity index (χ3n) is 1.77. The molecule has 1 aliphatic heterocycles. The van der Waals surface area contributed by atoms with Crippen molar-refractivity contribution >= 4 is 15.9 Å². The Labute approximate surface area is 62.5 Å². The van der Waals surface area contributed by atoms with Crippen LogP contribution in [0.25, 0.3) is 0 Å². The van der Waals surface area contributed by atoms with E-state index in [1.54, 1.807) is 0 Å². The zero-order valence-corrected chi connectivity index (χ0v) is 6.68. The molecule has 1 saturated heterocycles. The normalized spacial score (nSPS) is 46.0. The molecule has 2 heteroatoms. The van der Waals surface area contributed by atoms with Crippen molar-refractivity contribution in [2.75, 3.05) is 0 Å². The van der Waals surface area contributed by atoms with Crippen LogP contribution in [0, 0.1) is 0 Å². The van der Waals surface area contributed by atoms with Gasteiger partial charge in [-0.2, -0.15) is 0 Å². The van der Waals surface area contributed by atoms with Gasteiger partial charge in [0.1, 0.15) is 11.7 Å². The molecule has 2 unspecified atom stereocenters. The molecule has 0 aromatic rings. The van der Waals surface area contributed by atoms with Gasteiger partial charge in [-0.1, -0.05) is 28.1 Å². The molecule has 0 spiro atoms. The third-order valence-corrected chi connectivity index (χ3v) is 2.45. The summed E-state index contributed by atoms with van der Waals surface area (Å²) >= 11 is 3.42. The first-order valence-corrected chi connectivity index (χ1v) is 3.74. The number of allylic oxidation sites excluding steroid dienone is 2. The van der Waals surface area contributed by atoms with Crippen LogP contribution in [0.15, 0.2) is 22.7 Å². The lowest BCUT2D eigenvalue weighted by atomic mass is 10.0. The van der Waals surface area contributed by atoms with Crippen LogP contribution < -0.4 is 0 Å². The Bertz CT molecular complexity index is 207. The first-order valence-electron chi connectivity index (χ1n) is 2.95. The zero-order valence-electron chi connectivity index (χ0n) is 5.10. The van der Waals surface area contributed by atoms with Crippen LogP contribution in [-0.4, -0.2) is 11.7 Å². The van der Waals surface area contributed by atoms with E-state index in [0.29, 0.717) is 6.10 Å². The Morgan fingerprint density at radius 2 is 2.56 bits per heavy atom. The van der Waals surface area contributed by atoms with Crippen LogP contribution in [0.4, 0.5) is 0 Å². The second-order valence-corrected chi connectivity index (χ2v) is 3.51. The minimum atomic E-state index is 0.0214. The molecule has 9 heavy (non-hydrogen) atoms. The van der Waals surface area contributed by atoms with Gasteiger partial charge in [0.05, 0.1) is 0 Å². The summed E-state index contributed by atoms with van der Waals surface area (Å²) in [4.78, 5) is 0. The maximum absolute atomic E-state index is 5.38.